The minimum Gasteiger partial charge on any atom is -0.461 e. The van der Waals surface area contributed by atoms with Crippen LogP contribution in [0.4, 0.5) is 5.00 Å². The van der Waals surface area contributed by atoms with Crippen molar-refractivity contribution < 1.29 is 9.53 Å². The molecule has 0 aliphatic rings. The zero-order chi connectivity index (χ0) is 8.27. The van der Waals surface area contributed by atoms with E-state index in [0.717, 1.165) is 11.5 Å². The summed E-state index contributed by atoms with van der Waals surface area (Å²) < 4.78 is 8.47. The van der Waals surface area contributed by atoms with E-state index in [0.29, 0.717) is 11.6 Å². The average Bonchev–Trinajstić information content (AvgIpc) is 2.36. The van der Waals surface area contributed by atoms with Crippen molar-refractivity contribution >= 4 is 22.5 Å². The van der Waals surface area contributed by atoms with Gasteiger partial charge in [-0.15, -0.1) is 0 Å². The molecule has 60 valence electrons. The lowest BCUT2D eigenvalue weighted by Gasteiger charge is -1.94. The van der Waals surface area contributed by atoms with Crippen molar-refractivity contribution in [3.63, 3.8) is 0 Å². The van der Waals surface area contributed by atoms with Gasteiger partial charge in [-0.05, 0) is 18.5 Å². The first kappa shape index (κ1) is 8.00. The average molecular weight is 172 g/mol. The maximum absolute atomic E-state index is 10.9. The van der Waals surface area contributed by atoms with Crippen LogP contribution in [-0.2, 0) is 4.74 Å². The Bertz CT molecular complexity index is 259. The number of carbonyl (C=O) groups is 1. The van der Waals surface area contributed by atoms with Crippen LogP contribution in [0.3, 0.4) is 0 Å². The lowest BCUT2D eigenvalue weighted by atomic mass is 10.4. The van der Waals surface area contributed by atoms with E-state index in [1.54, 1.807) is 6.92 Å². The molecule has 0 amide bonds. The highest BCUT2D eigenvalue weighted by atomic mass is 32.1. The van der Waals surface area contributed by atoms with Crippen LogP contribution in [-0.4, -0.2) is 16.9 Å². The number of hydrogen-bond donors (Lipinski definition) is 1. The number of anilines is 1. The Labute approximate surface area is 68.1 Å². The first-order valence-electron chi connectivity index (χ1n) is 3.13. The molecule has 0 radical (unpaired) electrons. The number of carbonyl (C=O) groups excluding carboxylic acids is 1. The van der Waals surface area contributed by atoms with Crippen molar-refractivity contribution in [3.05, 3.63) is 11.8 Å². The first-order valence-corrected chi connectivity index (χ1v) is 3.90. The molecule has 0 aliphatic carbocycles. The van der Waals surface area contributed by atoms with E-state index in [1.165, 1.54) is 6.07 Å². The zero-order valence-electron chi connectivity index (χ0n) is 6.03. The zero-order valence-corrected chi connectivity index (χ0v) is 6.85. The molecule has 1 aromatic heterocycles. The summed E-state index contributed by atoms with van der Waals surface area (Å²) in [5.74, 6) is -0.416. The summed E-state index contributed by atoms with van der Waals surface area (Å²) >= 11 is 1.09. The number of rotatable bonds is 2. The second kappa shape index (κ2) is 3.34. The lowest BCUT2D eigenvalue weighted by Crippen LogP contribution is -2.04. The van der Waals surface area contributed by atoms with Gasteiger partial charge in [0.15, 0.2) is 5.69 Å². The van der Waals surface area contributed by atoms with Gasteiger partial charge in [0.25, 0.3) is 0 Å². The van der Waals surface area contributed by atoms with Crippen molar-refractivity contribution in [3.8, 4) is 0 Å². The second-order valence-corrected chi connectivity index (χ2v) is 2.67. The van der Waals surface area contributed by atoms with Gasteiger partial charge in [0, 0.05) is 6.07 Å². The molecule has 0 spiro atoms. The second-order valence-electron chi connectivity index (χ2n) is 1.83. The van der Waals surface area contributed by atoms with Gasteiger partial charge in [0.1, 0.15) is 5.00 Å². The number of nitrogens with zero attached hydrogens (tertiary/aromatic N) is 1. The molecule has 0 unspecified atom stereocenters. The summed E-state index contributed by atoms with van der Waals surface area (Å²) in [5, 5.41) is 0.521. The number of ether oxygens (including phenoxy) is 1. The molecule has 0 saturated heterocycles. The molecule has 0 atom stereocenters. The Morgan fingerprint density at radius 1 is 1.91 bits per heavy atom. The van der Waals surface area contributed by atoms with E-state index in [-0.39, 0.29) is 5.69 Å². The molecule has 0 aliphatic heterocycles. The third-order valence-corrected chi connectivity index (χ3v) is 1.63. The number of hydrogen-bond acceptors (Lipinski definition) is 5. The molecule has 0 bridgehead atoms. The smallest absolute Gasteiger partial charge is 0.358 e. The lowest BCUT2D eigenvalue weighted by molar-refractivity contribution is 0.0521. The van der Waals surface area contributed by atoms with E-state index in [2.05, 4.69) is 4.37 Å². The minimum atomic E-state index is -0.416. The molecule has 1 rings (SSSR count). The molecule has 1 heterocycles. The summed E-state index contributed by atoms with van der Waals surface area (Å²) in [4.78, 5) is 10.9. The molecule has 4 nitrogen and oxygen atoms in total. The number of nitrogen functional groups attached to an aromatic ring is 1. The number of aromatic nitrogens is 1. The van der Waals surface area contributed by atoms with Gasteiger partial charge in [-0.3, -0.25) is 0 Å². The van der Waals surface area contributed by atoms with Crippen LogP contribution in [0.1, 0.15) is 17.4 Å². The Balaban J connectivity index is 2.69. The van der Waals surface area contributed by atoms with Crippen LogP contribution >= 0.6 is 11.5 Å². The van der Waals surface area contributed by atoms with Crippen LogP contribution in [0.15, 0.2) is 6.07 Å². The van der Waals surface area contributed by atoms with Gasteiger partial charge in [-0.25, -0.2) is 4.79 Å². The first-order chi connectivity index (χ1) is 5.24. The highest BCUT2D eigenvalue weighted by molar-refractivity contribution is 7.10. The van der Waals surface area contributed by atoms with Crippen molar-refractivity contribution in [2.24, 2.45) is 0 Å². The van der Waals surface area contributed by atoms with Crippen LogP contribution in [0, 0.1) is 0 Å². The fourth-order valence-electron chi connectivity index (χ4n) is 0.591. The van der Waals surface area contributed by atoms with Gasteiger partial charge in [0.2, 0.25) is 0 Å². The SMILES string of the molecule is CCOC(=O)c1cc(N)sn1. The summed E-state index contributed by atoms with van der Waals surface area (Å²) in [5.41, 5.74) is 5.65. The van der Waals surface area contributed by atoms with E-state index in [4.69, 9.17) is 10.5 Å². The molecule has 11 heavy (non-hydrogen) atoms. The number of nitrogens with two attached hydrogens (primary N) is 1. The largest absolute Gasteiger partial charge is 0.461 e. The van der Waals surface area contributed by atoms with Crippen LogP contribution in [0.5, 0.6) is 0 Å². The van der Waals surface area contributed by atoms with Crippen molar-refractivity contribution in [1.82, 2.24) is 4.37 Å². The fraction of sp³-hybridized carbons (Fsp3) is 0.333. The van der Waals surface area contributed by atoms with E-state index >= 15 is 0 Å². The molecular formula is C6H8N2O2S. The summed E-state index contributed by atoms with van der Waals surface area (Å²) in [6.07, 6.45) is 0. The highest BCUT2D eigenvalue weighted by Gasteiger charge is 2.09. The van der Waals surface area contributed by atoms with Crippen LogP contribution in [0.2, 0.25) is 0 Å². The molecule has 0 fully saturated rings. The monoisotopic (exact) mass is 172 g/mol. The van der Waals surface area contributed by atoms with E-state index in [9.17, 15) is 4.79 Å². The van der Waals surface area contributed by atoms with E-state index in [1.807, 2.05) is 0 Å². The Hall–Kier alpha value is -1.10. The van der Waals surface area contributed by atoms with Crippen LogP contribution in [0.25, 0.3) is 0 Å². The minimum absolute atomic E-state index is 0.286. The fourth-order valence-corrected chi connectivity index (χ4v) is 1.09. The molecular weight excluding hydrogens is 164 g/mol. The standard InChI is InChI=1S/C6H8N2O2S/c1-2-10-6(9)4-3-5(7)11-8-4/h3H,2,7H2,1H3. The summed E-state index contributed by atoms with van der Waals surface area (Å²) in [6, 6.07) is 1.50. The molecule has 2 N–H and O–H groups in total. The van der Waals surface area contributed by atoms with Gasteiger partial charge < -0.3 is 10.5 Å². The van der Waals surface area contributed by atoms with E-state index < -0.39 is 5.97 Å². The predicted molar refractivity (Wildman–Crippen MR) is 42.5 cm³/mol. The van der Waals surface area contributed by atoms with Gasteiger partial charge >= 0.3 is 5.97 Å². The topological polar surface area (TPSA) is 65.2 Å². The maximum atomic E-state index is 10.9. The maximum Gasteiger partial charge on any atom is 0.358 e. The van der Waals surface area contributed by atoms with Crippen molar-refractivity contribution in [1.29, 1.82) is 0 Å². The highest BCUT2D eigenvalue weighted by Crippen LogP contribution is 2.11. The summed E-state index contributed by atoms with van der Waals surface area (Å²) in [6.45, 7) is 2.10. The van der Waals surface area contributed by atoms with Gasteiger partial charge in [-0.1, -0.05) is 0 Å². The molecule has 0 saturated carbocycles. The normalized spacial score (nSPS) is 9.55. The molecule has 5 heteroatoms. The Morgan fingerprint density at radius 3 is 3.09 bits per heavy atom. The third-order valence-electron chi connectivity index (χ3n) is 1.01. The Morgan fingerprint density at radius 2 is 2.64 bits per heavy atom. The van der Waals surface area contributed by atoms with Crippen LogP contribution < -0.4 is 5.73 Å². The van der Waals surface area contributed by atoms with Crippen molar-refractivity contribution in [2.75, 3.05) is 12.3 Å². The summed E-state index contributed by atoms with van der Waals surface area (Å²) in [7, 11) is 0. The van der Waals surface area contributed by atoms with Gasteiger partial charge in [-0.2, -0.15) is 4.37 Å². The number of esters is 1. The Kier molecular flexibility index (Phi) is 2.43. The van der Waals surface area contributed by atoms with Crippen molar-refractivity contribution in [2.45, 2.75) is 6.92 Å². The van der Waals surface area contributed by atoms with Gasteiger partial charge in [0.05, 0.1) is 6.61 Å². The molecule has 0 aromatic carbocycles. The quantitative estimate of drug-likeness (QED) is 0.673. The third kappa shape index (κ3) is 1.91. The molecule has 1 aromatic rings. The predicted octanol–water partition coefficient (Wildman–Crippen LogP) is 0.902.